The number of fused-ring (bicyclic) bond motifs is 1. The quantitative estimate of drug-likeness (QED) is 0.525. The zero-order valence-corrected chi connectivity index (χ0v) is 17.2. The summed E-state index contributed by atoms with van der Waals surface area (Å²) < 4.78 is 15.9. The summed E-state index contributed by atoms with van der Waals surface area (Å²) in [5.74, 6) is 0.743. The van der Waals surface area contributed by atoms with E-state index in [-0.39, 0.29) is 11.9 Å². The second kappa shape index (κ2) is 7.96. The van der Waals surface area contributed by atoms with E-state index in [4.69, 9.17) is 5.73 Å². The Bertz CT molecular complexity index is 1210. The molecule has 1 aromatic carbocycles. The number of pyridine rings is 1. The third-order valence-corrected chi connectivity index (χ3v) is 5.61. The van der Waals surface area contributed by atoms with Crippen molar-refractivity contribution in [2.75, 3.05) is 23.3 Å². The Morgan fingerprint density at radius 3 is 2.81 bits per heavy atom. The number of benzene rings is 1. The van der Waals surface area contributed by atoms with Crippen LogP contribution in [0.5, 0.6) is 0 Å². The summed E-state index contributed by atoms with van der Waals surface area (Å²) in [5, 5.41) is 7.99. The van der Waals surface area contributed by atoms with Crippen LogP contribution < -0.4 is 16.0 Å². The summed E-state index contributed by atoms with van der Waals surface area (Å²) in [7, 11) is 0. The molecule has 0 saturated carbocycles. The maximum absolute atomic E-state index is 14.3. The van der Waals surface area contributed by atoms with Gasteiger partial charge in [-0.05, 0) is 42.7 Å². The number of halogens is 1. The topological polar surface area (TPSA) is 84.4 Å². The highest BCUT2D eigenvalue weighted by Crippen LogP contribution is 2.31. The van der Waals surface area contributed by atoms with Crippen molar-refractivity contribution in [3.05, 3.63) is 66.9 Å². The third-order valence-electron chi connectivity index (χ3n) is 5.61. The average molecular weight is 417 g/mol. The fourth-order valence-electron chi connectivity index (χ4n) is 4.26. The molecule has 4 aromatic rings. The first kappa shape index (κ1) is 19.4. The van der Waals surface area contributed by atoms with E-state index < -0.39 is 0 Å². The van der Waals surface area contributed by atoms with E-state index in [2.05, 4.69) is 32.2 Å². The number of hydrogen-bond donors (Lipinski definition) is 2. The fourth-order valence-corrected chi connectivity index (χ4v) is 4.26. The van der Waals surface area contributed by atoms with E-state index >= 15 is 0 Å². The fraction of sp³-hybridized carbons (Fsp3) is 0.261. The molecule has 3 aromatic heterocycles. The van der Waals surface area contributed by atoms with Crippen LogP contribution in [0.4, 0.5) is 21.7 Å². The van der Waals surface area contributed by atoms with Crippen LogP contribution >= 0.6 is 0 Å². The highest BCUT2D eigenvalue weighted by atomic mass is 19.1. The van der Waals surface area contributed by atoms with Gasteiger partial charge in [-0.3, -0.25) is 4.98 Å². The number of anilines is 3. The Kier molecular flexibility index (Phi) is 4.99. The lowest BCUT2D eigenvalue weighted by molar-refractivity contribution is 0.402. The number of piperidine rings is 1. The molecule has 0 bridgehead atoms. The standard InChI is InChI=1S/C23H24FN7/c1-15-10-16(25)14-30(13-15)22-8-9-26-12-21(22)28-23-27-11-17-6-7-20(29-31(17)23)18-4-2-3-5-19(18)24/h2-9,11-12,15-16H,10,13-14,25H2,1H3,(H,27,28). The molecule has 1 aliphatic heterocycles. The van der Waals surface area contributed by atoms with Crippen molar-refractivity contribution in [3.8, 4) is 11.3 Å². The van der Waals surface area contributed by atoms with E-state index in [0.717, 1.165) is 36.4 Å². The van der Waals surface area contributed by atoms with Crippen molar-refractivity contribution >= 4 is 22.8 Å². The molecule has 31 heavy (non-hydrogen) atoms. The van der Waals surface area contributed by atoms with Crippen LogP contribution in [0.15, 0.2) is 61.1 Å². The van der Waals surface area contributed by atoms with Gasteiger partial charge in [0.2, 0.25) is 5.95 Å². The highest BCUT2D eigenvalue weighted by Gasteiger charge is 2.24. The van der Waals surface area contributed by atoms with Crippen molar-refractivity contribution < 1.29 is 4.39 Å². The van der Waals surface area contributed by atoms with Crippen molar-refractivity contribution in [1.29, 1.82) is 0 Å². The van der Waals surface area contributed by atoms with Gasteiger partial charge in [0, 0.05) is 30.9 Å². The van der Waals surface area contributed by atoms with Crippen LogP contribution in [0.1, 0.15) is 13.3 Å². The molecule has 5 rings (SSSR count). The monoisotopic (exact) mass is 417 g/mol. The van der Waals surface area contributed by atoms with Crippen LogP contribution in [0.3, 0.4) is 0 Å². The molecule has 1 fully saturated rings. The van der Waals surface area contributed by atoms with Crippen LogP contribution in [-0.2, 0) is 0 Å². The first-order valence-corrected chi connectivity index (χ1v) is 10.4. The molecule has 0 amide bonds. The number of imidazole rings is 1. The van der Waals surface area contributed by atoms with E-state index in [1.54, 1.807) is 47.4 Å². The molecule has 0 aliphatic carbocycles. The smallest absolute Gasteiger partial charge is 0.229 e. The van der Waals surface area contributed by atoms with Crippen LogP contribution in [0, 0.1) is 11.7 Å². The molecule has 2 atom stereocenters. The maximum atomic E-state index is 14.3. The van der Waals surface area contributed by atoms with Gasteiger partial charge in [-0.25, -0.2) is 9.37 Å². The summed E-state index contributed by atoms with van der Waals surface area (Å²) in [6.07, 6.45) is 6.32. The van der Waals surface area contributed by atoms with E-state index in [9.17, 15) is 4.39 Å². The number of aromatic nitrogens is 4. The number of nitrogens with two attached hydrogens (primary N) is 1. The summed E-state index contributed by atoms with van der Waals surface area (Å²) in [5.41, 5.74) is 9.91. The minimum absolute atomic E-state index is 0.141. The molecular weight excluding hydrogens is 393 g/mol. The molecule has 8 heteroatoms. The molecule has 1 saturated heterocycles. The van der Waals surface area contributed by atoms with Crippen LogP contribution in [0.2, 0.25) is 0 Å². The average Bonchev–Trinajstić information content (AvgIpc) is 3.16. The van der Waals surface area contributed by atoms with E-state index in [0.29, 0.717) is 23.1 Å². The van der Waals surface area contributed by atoms with Gasteiger partial charge in [-0.15, -0.1) is 0 Å². The van der Waals surface area contributed by atoms with Crippen molar-refractivity contribution in [2.24, 2.45) is 11.7 Å². The molecule has 7 nitrogen and oxygen atoms in total. The van der Waals surface area contributed by atoms with E-state index in [1.807, 2.05) is 12.1 Å². The third kappa shape index (κ3) is 3.82. The first-order valence-electron chi connectivity index (χ1n) is 10.4. The zero-order chi connectivity index (χ0) is 21.4. The zero-order valence-electron chi connectivity index (χ0n) is 17.2. The molecule has 158 valence electrons. The van der Waals surface area contributed by atoms with Gasteiger partial charge in [0.1, 0.15) is 5.82 Å². The van der Waals surface area contributed by atoms with Crippen molar-refractivity contribution in [3.63, 3.8) is 0 Å². The summed E-state index contributed by atoms with van der Waals surface area (Å²) in [4.78, 5) is 11.1. The van der Waals surface area contributed by atoms with Crippen LogP contribution in [-0.4, -0.2) is 38.7 Å². The molecule has 0 spiro atoms. The highest BCUT2D eigenvalue weighted by molar-refractivity contribution is 5.74. The number of rotatable bonds is 4. The molecular formula is C23H24FN7. The lowest BCUT2D eigenvalue weighted by Gasteiger charge is -2.37. The van der Waals surface area contributed by atoms with Crippen LogP contribution in [0.25, 0.3) is 16.8 Å². The second-order valence-electron chi connectivity index (χ2n) is 8.14. The van der Waals surface area contributed by atoms with Gasteiger partial charge in [0.05, 0.1) is 35.0 Å². The van der Waals surface area contributed by atoms with Gasteiger partial charge < -0.3 is 16.0 Å². The number of hydrogen-bond acceptors (Lipinski definition) is 6. The number of nitrogens with one attached hydrogen (secondary N) is 1. The normalized spacial score (nSPS) is 19.0. The first-order chi connectivity index (χ1) is 15.1. The van der Waals surface area contributed by atoms with Gasteiger partial charge in [-0.1, -0.05) is 19.1 Å². The molecule has 0 radical (unpaired) electrons. The molecule has 3 N–H and O–H groups in total. The largest absolute Gasteiger partial charge is 0.368 e. The maximum Gasteiger partial charge on any atom is 0.229 e. The lowest BCUT2D eigenvalue weighted by Crippen LogP contribution is -2.46. The van der Waals surface area contributed by atoms with Crippen molar-refractivity contribution in [1.82, 2.24) is 19.6 Å². The van der Waals surface area contributed by atoms with Crippen molar-refractivity contribution in [2.45, 2.75) is 19.4 Å². The Hall–Kier alpha value is -3.52. The molecule has 4 heterocycles. The summed E-state index contributed by atoms with van der Waals surface area (Å²) in [6, 6.07) is 12.4. The van der Waals surface area contributed by atoms with Gasteiger partial charge in [-0.2, -0.15) is 9.61 Å². The Morgan fingerprint density at radius 2 is 1.97 bits per heavy atom. The van der Waals surface area contributed by atoms with E-state index in [1.165, 1.54) is 6.07 Å². The molecule has 1 aliphatic rings. The van der Waals surface area contributed by atoms with Gasteiger partial charge in [0.15, 0.2) is 0 Å². The predicted molar refractivity (Wildman–Crippen MR) is 120 cm³/mol. The predicted octanol–water partition coefficient (Wildman–Crippen LogP) is 3.85. The lowest BCUT2D eigenvalue weighted by atomic mass is 9.96. The van der Waals surface area contributed by atoms with Gasteiger partial charge >= 0.3 is 0 Å². The second-order valence-corrected chi connectivity index (χ2v) is 8.14. The van der Waals surface area contributed by atoms with Gasteiger partial charge in [0.25, 0.3) is 0 Å². The summed E-state index contributed by atoms with van der Waals surface area (Å²) in [6.45, 7) is 3.95. The Balaban J connectivity index is 1.50. The number of nitrogens with zero attached hydrogens (tertiary/aromatic N) is 5. The Morgan fingerprint density at radius 1 is 1.10 bits per heavy atom. The summed E-state index contributed by atoms with van der Waals surface area (Å²) >= 11 is 0. The minimum atomic E-state index is -0.311. The molecule has 2 unspecified atom stereocenters. The Labute approximate surface area is 179 Å². The SMILES string of the molecule is CC1CC(N)CN(c2ccncc2Nc2ncc3ccc(-c4ccccc4F)nn23)C1. The minimum Gasteiger partial charge on any atom is -0.368 e.